The summed E-state index contributed by atoms with van der Waals surface area (Å²) >= 11 is 0. The minimum absolute atomic E-state index is 0.578. The molecule has 2 rings (SSSR count). The Balaban J connectivity index is 2.62. The summed E-state index contributed by atoms with van der Waals surface area (Å²) < 4.78 is 0. The fraction of sp³-hybridized carbons (Fsp3) is 0.357. The zero-order valence-corrected chi connectivity index (χ0v) is 11.3. The predicted octanol–water partition coefficient (Wildman–Crippen LogP) is 2.32. The number of nitrogens with zero attached hydrogens (tertiary/aromatic N) is 3. The van der Waals surface area contributed by atoms with Crippen molar-refractivity contribution in [1.29, 1.82) is 0 Å². The number of aromatic nitrogens is 2. The highest BCUT2D eigenvalue weighted by molar-refractivity contribution is 5.93. The molecule has 100 valence electrons. The molecule has 0 radical (unpaired) electrons. The molecule has 19 heavy (non-hydrogen) atoms. The number of aliphatic carboxylic acids is 1. The molecule has 0 atom stereocenters. The molecule has 0 aliphatic carbocycles. The zero-order chi connectivity index (χ0) is 14.0. The first-order chi connectivity index (χ1) is 8.98. The molecule has 0 aliphatic heterocycles. The van der Waals surface area contributed by atoms with E-state index in [1.807, 2.05) is 36.1 Å². The summed E-state index contributed by atoms with van der Waals surface area (Å²) in [6.07, 6.45) is 1.62. The fourth-order valence-corrected chi connectivity index (χ4v) is 2.19. The summed E-state index contributed by atoms with van der Waals surface area (Å²) in [5.41, 5.74) is 0.556. The minimum atomic E-state index is -0.999. The van der Waals surface area contributed by atoms with Crippen LogP contribution in [-0.2, 0) is 4.79 Å². The summed E-state index contributed by atoms with van der Waals surface area (Å²) in [5, 5.41) is 18.3. The highest BCUT2D eigenvalue weighted by Gasteiger charge is 2.34. The summed E-state index contributed by atoms with van der Waals surface area (Å²) in [6, 6.07) is 7.60. The topological polar surface area (TPSA) is 66.3 Å². The molecule has 1 N–H and O–H groups in total. The molecule has 0 saturated carbocycles. The lowest BCUT2D eigenvalue weighted by Crippen LogP contribution is -2.50. The van der Waals surface area contributed by atoms with Gasteiger partial charge in [0, 0.05) is 11.9 Å². The van der Waals surface area contributed by atoms with Crippen molar-refractivity contribution in [2.75, 3.05) is 11.4 Å². The second-order valence-corrected chi connectivity index (χ2v) is 4.86. The van der Waals surface area contributed by atoms with Crippen molar-refractivity contribution in [2.45, 2.75) is 26.3 Å². The van der Waals surface area contributed by atoms with Crippen LogP contribution in [0.1, 0.15) is 20.8 Å². The molecule has 0 fully saturated rings. The Morgan fingerprint density at radius 3 is 2.68 bits per heavy atom. The molecule has 0 saturated heterocycles. The van der Waals surface area contributed by atoms with E-state index >= 15 is 0 Å². The van der Waals surface area contributed by atoms with Gasteiger partial charge in [0.1, 0.15) is 5.54 Å². The summed E-state index contributed by atoms with van der Waals surface area (Å²) in [5.74, 6) is -0.866. The van der Waals surface area contributed by atoms with Crippen LogP contribution in [0.5, 0.6) is 0 Å². The van der Waals surface area contributed by atoms with Crippen LogP contribution in [0.15, 0.2) is 30.5 Å². The second-order valence-electron chi connectivity index (χ2n) is 4.86. The SMILES string of the molecule is CCN(c1cnnc2ccccc12)C(C)(C)C(=O)O. The Hall–Kier alpha value is -2.17. The van der Waals surface area contributed by atoms with Gasteiger partial charge in [-0.1, -0.05) is 18.2 Å². The van der Waals surface area contributed by atoms with Crippen LogP contribution in [0.4, 0.5) is 5.69 Å². The van der Waals surface area contributed by atoms with E-state index in [0.29, 0.717) is 6.54 Å². The average Bonchev–Trinajstić information content (AvgIpc) is 2.39. The number of carboxylic acids is 1. The number of likely N-dealkylation sites (N-methyl/N-ethyl adjacent to an activating group) is 1. The average molecular weight is 259 g/mol. The number of rotatable bonds is 4. The van der Waals surface area contributed by atoms with E-state index in [1.165, 1.54) is 0 Å². The van der Waals surface area contributed by atoms with E-state index in [2.05, 4.69) is 10.2 Å². The van der Waals surface area contributed by atoms with E-state index in [4.69, 9.17) is 0 Å². The Bertz CT molecular complexity index is 605. The van der Waals surface area contributed by atoms with E-state index < -0.39 is 11.5 Å². The Labute approximate surface area is 111 Å². The summed E-state index contributed by atoms with van der Waals surface area (Å²) in [4.78, 5) is 13.3. The molecule has 5 heteroatoms. The highest BCUT2D eigenvalue weighted by Crippen LogP contribution is 2.29. The van der Waals surface area contributed by atoms with Crippen molar-refractivity contribution < 1.29 is 9.90 Å². The summed E-state index contributed by atoms with van der Waals surface area (Å²) in [7, 11) is 0. The predicted molar refractivity (Wildman–Crippen MR) is 74.3 cm³/mol. The number of anilines is 1. The lowest BCUT2D eigenvalue weighted by atomic mass is 10.0. The van der Waals surface area contributed by atoms with Gasteiger partial charge in [-0.25, -0.2) is 4.79 Å². The van der Waals surface area contributed by atoms with Crippen LogP contribution in [0.2, 0.25) is 0 Å². The van der Waals surface area contributed by atoms with Gasteiger partial charge in [0.05, 0.1) is 17.4 Å². The number of hydrogen-bond acceptors (Lipinski definition) is 4. The lowest BCUT2D eigenvalue weighted by Gasteiger charge is -2.36. The third kappa shape index (κ3) is 2.23. The molecule has 0 unspecified atom stereocenters. The highest BCUT2D eigenvalue weighted by atomic mass is 16.4. The van der Waals surface area contributed by atoms with Crippen molar-refractivity contribution in [3.8, 4) is 0 Å². The standard InChI is InChI=1S/C14H17N3O2/c1-4-17(14(2,3)13(18)19)12-9-15-16-11-8-6-5-7-10(11)12/h5-9H,4H2,1-3H3,(H,18,19). The Morgan fingerprint density at radius 1 is 1.37 bits per heavy atom. The van der Waals surface area contributed by atoms with Gasteiger partial charge in [-0.2, -0.15) is 10.2 Å². The van der Waals surface area contributed by atoms with Gasteiger partial charge in [-0.3, -0.25) is 0 Å². The van der Waals surface area contributed by atoms with Crippen molar-refractivity contribution in [2.24, 2.45) is 0 Å². The largest absolute Gasteiger partial charge is 0.480 e. The van der Waals surface area contributed by atoms with Crippen molar-refractivity contribution in [3.63, 3.8) is 0 Å². The number of benzene rings is 1. The van der Waals surface area contributed by atoms with Crippen molar-refractivity contribution in [1.82, 2.24) is 10.2 Å². The van der Waals surface area contributed by atoms with Gasteiger partial charge >= 0.3 is 5.97 Å². The number of hydrogen-bond donors (Lipinski definition) is 1. The van der Waals surface area contributed by atoms with Gasteiger partial charge in [0.15, 0.2) is 0 Å². The van der Waals surface area contributed by atoms with Crippen LogP contribution in [-0.4, -0.2) is 33.4 Å². The van der Waals surface area contributed by atoms with E-state index in [0.717, 1.165) is 16.6 Å². The molecule has 0 amide bonds. The molecule has 1 aromatic carbocycles. The maximum Gasteiger partial charge on any atom is 0.328 e. The van der Waals surface area contributed by atoms with Crippen LogP contribution < -0.4 is 4.90 Å². The maximum absolute atomic E-state index is 11.5. The molecule has 5 nitrogen and oxygen atoms in total. The number of fused-ring (bicyclic) bond motifs is 1. The number of carbonyl (C=O) groups is 1. The quantitative estimate of drug-likeness (QED) is 0.912. The first-order valence-electron chi connectivity index (χ1n) is 6.20. The first-order valence-corrected chi connectivity index (χ1v) is 6.20. The van der Waals surface area contributed by atoms with Crippen LogP contribution >= 0.6 is 0 Å². The van der Waals surface area contributed by atoms with E-state index in [9.17, 15) is 9.90 Å². The van der Waals surface area contributed by atoms with Crippen molar-refractivity contribution in [3.05, 3.63) is 30.5 Å². The first kappa shape index (κ1) is 13.3. The smallest absolute Gasteiger partial charge is 0.328 e. The fourth-order valence-electron chi connectivity index (χ4n) is 2.19. The summed E-state index contributed by atoms with van der Waals surface area (Å²) in [6.45, 7) is 5.89. The van der Waals surface area contributed by atoms with Crippen LogP contribution in [0.3, 0.4) is 0 Å². The minimum Gasteiger partial charge on any atom is -0.480 e. The third-order valence-electron chi connectivity index (χ3n) is 3.33. The molecule has 0 spiro atoms. The molecule has 2 aromatic rings. The molecule has 0 bridgehead atoms. The third-order valence-corrected chi connectivity index (χ3v) is 3.33. The van der Waals surface area contributed by atoms with Gasteiger partial charge in [0.2, 0.25) is 0 Å². The van der Waals surface area contributed by atoms with Crippen molar-refractivity contribution >= 4 is 22.6 Å². The van der Waals surface area contributed by atoms with Gasteiger partial charge in [-0.05, 0) is 26.8 Å². The molecule has 0 aliphatic rings. The van der Waals surface area contributed by atoms with Crippen LogP contribution in [0.25, 0.3) is 10.9 Å². The van der Waals surface area contributed by atoms with E-state index in [-0.39, 0.29) is 0 Å². The number of carboxylic acid groups (broad SMARTS) is 1. The Kier molecular flexibility index (Phi) is 3.38. The molecule has 1 heterocycles. The van der Waals surface area contributed by atoms with Gasteiger partial charge in [0.25, 0.3) is 0 Å². The van der Waals surface area contributed by atoms with Gasteiger partial charge < -0.3 is 10.0 Å². The monoisotopic (exact) mass is 259 g/mol. The lowest BCUT2D eigenvalue weighted by molar-refractivity contribution is -0.142. The second kappa shape index (κ2) is 4.84. The molecular formula is C14H17N3O2. The molecule has 1 aromatic heterocycles. The van der Waals surface area contributed by atoms with E-state index in [1.54, 1.807) is 20.0 Å². The Morgan fingerprint density at radius 2 is 2.05 bits per heavy atom. The zero-order valence-electron chi connectivity index (χ0n) is 11.3. The maximum atomic E-state index is 11.5. The molecular weight excluding hydrogens is 242 g/mol. The van der Waals surface area contributed by atoms with Gasteiger partial charge in [-0.15, -0.1) is 0 Å². The van der Waals surface area contributed by atoms with Crippen LogP contribution in [0, 0.1) is 0 Å². The normalized spacial score (nSPS) is 11.5.